The first-order valence-electron chi connectivity index (χ1n) is 11.7. The van der Waals surface area contributed by atoms with Crippen molar-refractivity contribution in [2.45, 2.75) is 39.7 Å². The number of aryl methyl sites for hydroxylation is 1. The molecule has 2 aromatic carbocycles. The van der Waals surface area contributed by atoms with Gasteiger partial charge in [0.05, 0.1) is 0 Å². The molecule has 0 fully saturated rings. The summed E-state index contributed by atoms with van der Waals surface area (Å²) in [7, 11) is -2.49. The standard InChI is InChI=1S/C14H14N2.C11H23N3O3Si/c15-13-8-12(9-14(16)10-13)7-6-11-4-2-1-3-5-11;1-4-15-18(16-5-2,17-6-3)9-7-8-11-12-10-13-14-11/h1-10H,15-16H2;10H,4-9H2,1-3H3,(H,12,13,14). The Labute approximate surface area is 203 Å². The fourth-order valence-corrected chi connectivity index (χ4v) is 5.99. The second-order valence-electron chi connectivity index (χ2n) is 7.44. The molecule has 0 aliphatic rings. The van der Waals surface area contributed by atoms with Crippen LogP contribution in [-0.2, 0) is 19.7 Å². The van der Waals surface area contributed by atoms with Gasteiger partial charge in [-0.05, 0) is 56.5 Å². The van der Waals surface area contributed by atoms with Gasteiger partial charge in [0.1, 0.15) is 12.2 Å². The molecule has 0 amide bonds. The van der Waals surface area contributed by atoms with E-state index in [-0.39, 0.29) is 0 Å². The van der Waals surface area contributed by atoms with Crippen LogP contribution in [0, 0.1) is 0 Å². The molecule has 0 saturated heterocycles. The van der Waals surface area contributed by atoms with Crippen molar-refractivity contribution < 1.29 is 13.3 Å². The van der Waals surface area contributed by atoms with Crippen molar-refractivity contribution in [1.82, 2.24) is 15.2 Å². The summed E-state index contributed by atoms with van der Waals surface area (Å²) >= 11 is 0. The number of rotatable bonds is 12. The summed E-state index contributed by atoms with van der Waals surface area (Å²) in [6.07, 6.45) is 7.31. The van der Waals surface area contributed by atoms with Crippen LogP contribution < -0.4 is 11.5 Å². The quantitative estimate of drug-likeness (QED) is 0.192. The van der Waals surface area contributed by atoms with E-state index in [0.717, 1.165) is 35.8 Å². The van der Waals surface area contributed by atoms with E-state index < -0.39 is 8.80 Å². The van der Waals surface area contributed by atoms with Gasteiger partial charge in [0.2, 0.25) is 0 Å². The predicted molar refractivity (Wildman–Crippen MR) is 141 cm³/mol. The van der Waals surface area contributed by atoms with Crippen LogP contribution in [0.5, 0.6) is 0 Å². The first-order valence-corrected chi connectivity index (χ1v) is 13.6. The third-order valence-corrected chi connectivity index (χ3v) is 7.87. The van der Waals surface area contributed by atoms with Gasteiger partial charge in [0, 0.05) is 43.7 Å². The summed E-state index contributed by atoms with van der Waals surface area (Å²) in [5, 5.41) is 6.68. The molecule has 8 nitrogen and oxygen atoms in total. The predicted octanol–water partition coefficient (Wildman–Crippen LogP) is 4.81. The van der Waals surface area contributed by atoms with Gasteiger partial charge >= 0.3 is 8.80 Å². The fourth-order valence-electron chi connectivity index (χ4n) is 3.38. The number of H-pyrrole nitrogens is 1. The second-order valence-corrected chi connectivity index (χ2v) is 10.2. The van der Waals surface area contributed by atoms with Crippen LogP contribution in [0.25, 0.3) is 12.2 Å². The summed E-state index contributed by atoms with van der Waals surface area (Å²) < 4.78 is 17.3. The Hall–Kier alpha value is -2.98. The third-order valence-electron chi connectivity index (χ3n) is 4.72. The summed E-state index contributed by atoms with van der Waals surface area (Å²) in [6, 6.07) is 16.5. The molecule has 9 heteroatoms. The second kappa shape index (κ2) is 15.0. The maximum Gasteiger partial charge on any atom is 0.500 e. The number of nitrogens with zero attached hydrogens (tertiary/aromatic N) is 2. The molecular weight excluding hydrogens is 446 g/mol. The third kappa shape index (κ3) is 9.88. The molecule has 0 radical (unpaired) electrons. The van der Waals surface area contributed by atoms with Gasteiger partial charge in [-0.3, -0.25) is 5.10 Å². The van der Waals surface area contributed by atoms with E-state index >= 15 is 0 Å². The number of hydrogen-bond donors (Lipinski definition) is 3. The number of nitrogens with two attached hydrogens (primary N) is 2. The van der Waals surface area contributed by atoms with Crippen LogP contribution in [0.4, 0.5) is 11.4 Å². The highest BCUT2D eigenvalue weighted by Crippen LogP contribution is 2.19. The molecule has 0 unspecified atom stereocenters. The highest BCUT2D eigenvalue weighted by Gasteiger charge is 2.39. The van der Waals surface area contributed by atoms with Crippen molar-refractivity contribution in [3.63, 3.8) is 0 Å². The van der Waals surface area contributed by atoms with Crippen molar-refractivity contribution >= 4 is 32.3 Å². The Morgan fingerprint density at radius 1 is 0.853 bits per heavy atom. The lowest BCUT2D eigenvalue weighted by atomic mass is 10.1. The number of benzene rings is 2. The van der Waals surface area contributed by atoms with Gasteiger partial charge in [-0.15, -0.1) is 0 Å². The SMILES string of the molecule is CCO[Si](CCCc1ncn[nH]1)(OCC)OCC.Nc1cc(N)cc(C=Cc2ccccc2)c1. The van der Waals surface area contributed by atoms with Crippen molar-refractivity contribution in [1.29, 1.82) is 0 Å². The van der Waals surface area contributed by atoms with Crippen molar-refractivity contribution in [2.75, 3.05) is 31.3 Å². The van der Waals surface area contributed by atoms with Crippen molar-refractivity contribution in [3.8, 4) is 0 Å². The lowest BCUT2D eigenvalue weighted by Gasteiger charge is -2.28. The summed E-state index contributed by atoms with van der Waals surface area (Å²) in [5.41, 5.74) is 15.0. The van der Waals surface area contributed by atoms with Crippen LogP contribution in [0.2, 0.25) is 6.04 Å². The van der Waals surface area contributed by atoms with Crippen LogP contribution in [0.15, 0.2) is 54.9 Å². The minimum atomic E-state index is -2.49. The minimum absolute atomic E-state index is 0.620. The Kier molecular flexibility index (Phi) is 12.0. The van der Waals surface area contributed by atoms with Gasteiger partial charge in [0.15, 0.2) is 0 Å². The van der Waals surface area contributed by atoms with E-state index in [1.807, 2.05) is 75.4 Å². The van der Waals surface area contributed by atoms with Crippen LogP contribution in [0.3, 0.4) is 0 Å². The van der Waals surface area contributed by atoms with Crippen LogP contribution in [0.1, 0.15) is 44.1 Å². The van der Waals surface area contributed by atoms with E-state index in [0.29, 0.717) is 31.2 Å². The Morgan fingerprint density at radius 2 is 1.44 bits per heavy atom. The summed E-state index contributed by atoms with van der Waals surface area (Å²) in [6.45, 7) is 7.76. The minimum Gasteiger partial charge on any atom is -0.399 e. The molecule has 34 heavy (non-hydrogen) atoms. The maximum atomic E-state index is 5.78. The largest absolute Gasteiger partial charge is 0.500 e. The van der Waals surface area contributed by atoms with E-state index in [1.165, 1.54) is 6.33 Å². The fraction of sp³-hybridized carbons (Fsp3) is 0.360. The Bertz CT molecular complexity index is 931. The van der Waals surface area contributed by atoms with Crippen LogP contribution in [-0.4, -0.2) is 43.8 Å². The topological polar surface area (TPSA) is 121 Å². The molecule has 1 heterocycles. The molecule has 0 atom stereocenters. The number of aromatic nitrogens is 3. The monoisotopic (exact) mass is 483 g/mol. The van der Waals surface area contributed by atoms with Crippen LogP contribution >= 0.6 is 0 Å². The molecule has 0 aliphatic carbocycles. The Morgan fingerprint density at radius 3 is 1.97 bits per heavy atom. The first kappa shape index (κ1) is 27.3. The smallest absolute Gasteiger partial charge is 0.399 e. The molecule has 184 valence electrons. The van der Waals surface area contributed by atoms with Gasteiger partial charge < -0.3 is 24.7 Å². The average Bonchev–Trinajstić information content (AvgIpc) is 3.32. The maximum absolute atomic E-state index is 5.78. The average molecular weight is 484 g/mol. The van der Waals surface area contributed by atoms with Gasteiger partial charge in [0.25, 0.3) is 0 Å². The highest BCUT2D eigenvalue weighted by molar-refractivity contribution is 6.60. The van der Waals surface area contributed by atoms with Crippen molar-refractivity contribution in [3.05, 3.63) is 71.8 Å². The zero-order chi connectivity index (χ0) is 24.7. The lowest BCUT2D eigenvalue weighted by Crippen LogP contribution is -2.46. The van der Waals surface area contributed by atoms with Gasteiger partial charge in [-0.1, -0.05) is 42.5 Å². The number of hydrogen-bond acceptors (Lipinski definition) is 7. The molecule has 0 bridgehead atoms. The summed E-state index contributed by atoms with van der Waals surface area (Å²) in [5.74, 6) is 0.891. The zero-order valence-electron chi connectivity index (χ0n) is 20.4. The number of nitrogens with one attached hydrogen (secondary N) is 1. The molecule has 5 N–H and O–H groups in total. The number of aromatic amines is 1. The molecule has 3 aromatic rings. The summed E-state index contributed by atoms with van der Waals surface area (Å²) in [4.78, 5) is 4.10. The van der Waals surface area contributed by atoms with Crippen molar-refractivity contribution in [2.24, 2.45) is 0 Å². The molecule has 0 spiro atoms. The molecule has 0 saturated carbocycles. The van der Waals surface area contributed by atoms with E-state index in [4.69, 9.17) is 24.7 Å². The molecule has 1 aromatic heterocycles. The number of anilines is 2. The van der Waals surface area contributed by atoms with Gasteiger partial charge in [-0.25, -0.2) is 4.98 Å². The van der Waals surface area contributed by atoms with E-state index in [2.05, 4.69) is 15.2 Å². The highest BCUT2D eigenvalue weighted by atomic mass is 28.4. The molecule has 0 aliphatic heterocycles. The Balaban J connectivity index is 0.000000241. The van der Waals surface area contributed by atoms with E-state index in [1.54, 1.807) is 6.07 Å². The lowest BCUT2D eigenvalue weighted by molar-refractivity contribution is 0.0708. The zero-order valence-corrected chi connectivity index (χ0v) is 21.4. The normalized spacial score (nSPS) is 11.4. The molecular formula is C25H37N5O3Si. The van der Waals surface area contributed by atoms with Gasteiger partial charge in [-0.2, -0.15) is 5.10 Å². The first-order chi connectivity index (χ1) is 16.5. The van der Waals surface area contributed by atoms with E-state index in [9.17, 15) is 0 Å². The molecule has 3 rings (SSSR count). The number of nitrogen functional groups attached to an aromatic ring is 2.